The summed E-state index contributed by atoms with van der Waals surface area (Å²) in [7, 11) is 1.65. The van der Waals surface area contributed by atoms with Gasteiger partial charge >= 0.3 is 0 Å². The second-order valence-electron chi connectivity index (χ2n) is 9.57. The van der Waals surface area contributed by atoms with Gasteiger partial charge in [-0.3, -0.25) is 10.00 Å². The van der Waals surface area contributed by atoms with E-state index in [1.165, 1.54) is 11.3 Å². The molecule has 2 aliphatic heterocycles. The van der Waals surface area contributed by atoms with E-state index < -0.39 is 0 Å². The third kappa shape index (κ3) is 3.87. The van der Waals surface area contributed by atoms with E-state index in [1.807, 2.05) is 18.5 Å². The highest BCUT2D eigenvalue weighted by Gasteiger charge is 2.33. The maximum absolute atomic E-state index is 5.57. The first-order chi connectivity index (χ1) is 17.0. The molecule has 4 aromatic rings. The first-order valence-corrected chi connectivity index (χ1v) is 12.9. The van der Waals surface area contributed by atoms with Gasteiger partial charge in [0.15, 0.2) is 11.4 Å². The molecule has 0 aliphatic carbocycles. The summed E-state index contributed by atoms with van der Waals surface area (Å²) in [5, 5.41) is 14.4. The number of nitrogens with one attached hydrogen (secondary N) is 1. The van der Waals surface area contributed by atoms with E-state index in [1.54, 1.807) is 23.0 Å². The van der Waals surface area contributed by atoms with Crippen molar-refractivity contribution in [3.05, 3.63) is 30.4 Å². The van der Waals surface area contributed by atoms with Gasteiger partial charge in [0.25, 0.3) is 0 Å². The van der Waals surface area contributed by atoms with Crippen molar-refractivity contribution in [3.8, 4) is 27.7 Å². The maximum atomic E-state index is 5.57. The quantitative estimate of drug-likeness (QED) is 0.436. The Morgan fingerprint density at radius 1 is 1.23 bits per heavy atom. The van der Waals surface area contributed by atoms with Crippen LogP contribution in [-0.4, -0.2) is 86.7 Å². The van der Waals surface area contributed by atoms with Crippen molar-refractivity contribution in [2.45, 2.75) is 38.8 Å². The molecule has 0 radical (unpaired) electrons. The molecular weight excluding hydrogens is 464 g/mol. The first-order valence-electron chi connectivity index (χ1n) is 12.0. The lowest BCUT2D eigenvalue weighted by molar-refractivity contribution is -0.0691. The zero-order valence-electron chi connectivity index (χ0n) is 20.4. The van der Waals surface area contributed by atoms with Gasteiger partial charge in [-0.05, 0) is 18.9 Å². The summed E-state index contributed by atoms with van der Waals surface area (Å²) in [4.78, 5) is 14.1. The molecule has 0 spiro atoms. The van der Waals surface area contributed by atoms with Gasteiger partial charge in [-0.25, -0.2) is 14.5 Å². The third-order valence-electron chi connectivity index (χ3n) is 7.01. The van der Waals surface area contributed by atoms with E-state index in [2.05, 4.69) is 45.8 Å². The molecular formula is C24H30N8O2S. The Hall–Kier alpha value is -3.02. The predicted molar refractivity (Wildman–Crippen MR) is 135 cm³/mol. The molecule has 2 aliphatic rings. The van der Waals surface area contributed by atoms with E-state index in [0.29, 0.717) is 23.5 Å². The van der Waals surface area contributed by atoms with Crippen molar-refractivity contribution in [1.29, 1.82) is 0 Å². The topological polar surface area (TPSA) is 96.7 Å². The molecule has 2 saturated heterocycles. The summed E-state index contributed by atoms with van der Waals surface area (Å²) in [5.41, 5.74) is 4.62. The summed E-state index contributed by atoms with van der Waals surface area (Å²) in [6.07, 6.45) is 5.48. The van der Waals surface area contributed by atoms with E-state index in [4.69, 9.17) is 19.6 Å². The molecule has 0 aromatic carbocycles. The fourth-order valence-electron chi connectivity index (χ4n) is 5.07. The Bertz CT molecular complexity index is 1340. The number of nitrogens with zero attached hydrogens (tertiary/aromatic N) is 7. The van der Waals surface area contributed by atoms with Gasteiger partial charge in [0.1, 0.15) is 22.0 Å². The Balaban J connectivity index is 1.31. The number of pyridine rings is 1. The summed E-state index contributed by atoms with van der Waals surface area (Å²) in [6, 6.07) is 3.00. The number of piperazine rings is 1. The standard InChI is InChI=1S/C24H30N8O2S/c1-14(2)20-21(16-7-18(33-4)23-26-13-27-32(23)10-16)28-29-22(20)24-25-8-19(35-24)31-6-5-30(9-15(31)3)17-11-34-12-17/h7-8,10,13-15,17H,5-6,9,11-12H2,1-4H3,(H,28,29)/t15-/m1/s1. The zero-order valence-corrected chi connectivity index (χ0v) is 21.2. The van der Waals surface area contributed by atoms with Gasteiger partial charge in [-0.1, -0.05) is 25.2 Å². The van der Waals surface area contributed by atoms with E-state index >= 15 is 0 Å². The van der Waals surface area contributed by atoms with Crippen molar-refractivity contribution in [3.63, 3.8) is 0 Å². The normalized spacial score (nSPS) is 19.6. The molecule has 1 N–H and O–H groups in total. The molecule has 4 aromatic heterocycles. The highest BCUT2D eigenvalue weighted by molar-refractivity contribution is 7.18. The minimum absolute atomic E-state index is 0.246. The van der Waals surface area contributed by atoms with E-state index in [0.717, 1.165) is 60.4 Å². The molecule has 6 heterocycles. The molecule has 0 saturated carbocycles. The van der Waals surface area contributed by atoms with Gasteiger partial charge in [-0.2, -0.15) is 10.2 Å². The number of thiazole rings is 1. The number of hydrogen-bond donors (Lipinski definition) is 1. The number of methoxy groups -OCH3 is 1. The molecule has 184 valence electrons. The van der Waals surface area contributed by atoms with Gasteiger partial charge in [-0.15, -0.1) is 0 Å². The van der Waals surface area contributed by atoms with Crippen LogP contribution < -0.4 is 9.64 Å². The van der Waals surface area contributed by atoms with Crippen molar-refractivity contribution in [2.24, 2.45) is 0 Å². The van der Waals surface area contributed by atoms with Crippen LogP contribution in [-0.2, 0) is 4.74 Å². The Morgan fingerprint density at radius 3 is 2.80 bits per heavy atom. The lowest BCUT2D eigenvalue weighted by Gasteiger charge is -2.46. The lowest BCUT2D eigenvalue weighted by Crippen LogP contribution is -2.59. The summed E-state index contributed by atoms with van der Waals surface area (Å²) < 4.78 is 12.7. The van der Waals surface area contributed by atoms with Crippen LogP contribution in [0.5, 0.6) is 5.75 Å². The number of anilines is 1. The molecule has 2 fully saturated rings. The monoisotopic (exact) mass is 494 g/mol. The van der Waals surface area contributed by atoms with Crippen LogP contribution in [0.15, 0.2) is 24.8 Å². The number of hydrogen-bond acceptors (Lipinski definition) is 9. The van der Waals surface area contributed by atoms with Gasteiger partial charge < -0.3 is 14.4 Å². The largest absolute Gasteiger partial charge is 0.493 e. The average molecular weight is 495 g/mol. The van der Waals surface area contributed by atoms with E-state index in [9.17, 15) is 0 Å². The summed E-state index contributed by atoms with van der Waals surface area (Å²) in [5.74, 6) is 0.916. The molecule has 0 amide bonds. The van der Waals surface area contributed by atoms with Crippen molar-refractivity contribution >= 4 is 22.0 Å². The molecule has 1 atom stereocenters. The Labute approximate surface area is 207 Å². The van der Waals surface area contributed by atoms with Crippen LogP contribution in [0.4, 0.5) is 5.00 Å². The SMILES string of the molecule is COc1cc(-c2[nH]nc(-c3ncc(N4CCN(C5COC5)C[C@H]4C)s3)c2C(C)C)cn2ncnc12. The molecule has 10 nitrogen and oxygen atoms in total. The second kappa shape index (κ2) is 8.89. The molecule has 0 bridgehead atoms. The minimum atomic E-state index is 0.246. The predicted octanol–water partition coefficient (Wildman–Crippen LogP) is 3.28. The first kappa shape index (κ1) is 22.4. The number of H-pyrrole nitrogens is 1. The van der Waals surface area contributed by atoms with Gasteiger partial charge in [0, 0.05) is 43.0 Å². The Morgan fingerprint density at radius 2 is 2.09 bits per heavy atom. The summed E-state index contributed by atoms with van der Waals surface area (Å²) in [6.45, 7) is 11.5. The fourth-order valence-corrected chi connectivity index (χ4v) is 6.12. The van der Waals surface area contributed by atoms with Crippen LogP contribution in [0, 0.1) is 0 Å². The number of ether oxygens (including phenoxy) is 2. The van der Waals surface area contributed by atoms with Crippen LogP contribution in [0.1, 0.15) is 32.3 Å². The summed E-state index contributed by atoms with van der Waals surface area (Å²) >= 11 is 1.71. The maximum Gasteiger partial charge on any atom is 0.197 e. The molecule has 35 heavy (non-hydrogen) atoms. The molecule has 0 unspecified atom stereocenters. The van der Waals surface area contributed by atoms with Crippen molar-refractivity contribution in [1.82, 2.24) is 34.7 Å². The van der Waals surface area contributed by atoms with Crippen LogP contribution >= 0.6 is 11.3 Å². The van der Waals surface area contributed by atoms with E-state index in [-0.39, 0.29) is 5.92 Å². The smallest absolute Gasteiger partial charge is 0.197 e. The van der Waals surface area contributed by atoms with Crippen molar-refractivity contribution < 1.29 is 9.47 Å². The molecule has 6 rings (SSSR count). The van der Waals surface area contributed by atoms with Crippen LogP contribution in [0.25, 0.3) is 27.6 Å². The lowest BCUT2D eigenvalue weighted by atomic mass is 9.97. The minimum Gasteiger partial charge on any atom is -0.493 e. The highest BCUT2D eigenvalue weighted by atomic mass is 32.1. The number of aromatic nitrogens is 6. The molecule has 11 heteroatoms. The van der Waals surface area contributed by atoms with Gasteiger partial charge in [0.05, 0.1) is 38.3 Å². The fraction of sp³-hybridized carbons (Fsp3) is 0.500. The van der Waals surface area contributed by atoms with Gasteiger partial charge in [0.2, 0.25) is 0 Å². The number of rotatable bonds is 6. The van der Waals surface area contributed by atoms with Crippen LogP contribution in [0.3, 0.4) is 0 Å². The second-order valence-corrected chi connectivity index (χ2v) is 10.6. The van der Waals surface area contributed by atoms with Crippen molar-refractivity contribution in [2.75, 3.05) is 44.9 Å². The average Bonchev–Trinajstić information content (AvgIpc) is 3.55. The highest BCUT2D eigenvalue weighted by Crippen LogP contribution is 2.40. The van der Waals surface area contributed by atoms with Crippen LogP contribution in [0.2, 0.25) is 0 Å². The Kier molecular flexibility index (Phi) is 5.70. The number of fused-ring (bicyclic) bond motifs is 1. The third-order valence-corrected chi connectivity index (χ3v) is 8.05. The number of aromatic amines is 1. The zero-order chi connectivity index (χ0) is 24.1.